The lowest BCUT2D eigenvalue weighted by Crippen LogP contribution is -2.42. The van der Waals surface area contributed by atoms with Crippen LogP contribution in [-0.4, -0.2) is 34.5 Å². The molecule has 0 amide bonds. The molecule has 0 aliphatic heterocycles. The topological polar surface area (TPSA) is 66.8 Å². The fourth-order valence-electron chi connectivity index (χ4n) is 3.33. The summed E-state index contributed by atoms with van der Waals surface area (Å²) in [7, 11) is 0. The number of carbonyl (C=O) groups excluding carboxylic acids is 1. The first kappa shape index (κ1) is 25.4. The molecule has 0 bridgehead atoms. The Morgan fingerprint density at radius 1 is 0.923 bits per heavy atom. The molecular formula is C22H44O4. The Hall–Kier alpha value is -0.610. The molecular weight excluding hydrogens is 328 g/mol. The quantitative estimate of drug-likeness (QED) is 0.392. The third kappa shape index (κ3) is 13.6. The van der Waals surface area contributed by atoms with Crippen molar-refractivity contribution in [1.82, 2.24) is 0 Å². The highest BCUT2D eigenvalue weighted by molar-refractivity contribution is 5.65. The minimum atomic E-state index is -1.21. The summed E-state index contributed by atoms with van der Waals surface area (Å²) in [6.45, 7) is 12.0. The highest BCUT2D eigenvalue weighted by Gasteiger charge is 2.30. The van der Waals surface area contributed by atoms with E-state index in [1.807, 2.05) is 0 Å². The summed E-state index contributed by atoms with van der Waals surface area (Å²) in [5, 5.41) is 20.3. The molecule has 0 aromatic heterocycles. The number of aliphatic hydroxyl groups is 2. The molecule has 4 unspecified atom stereocenters. The van der Waals surface area contributed by atoms with Crippen LogP contribution in [0.3, 0.4) is 0 Å². The zero-order valence-corrected chi connectivity index (χ0v) is 18.1. The Labute approximate surface area is 161 Å². The molecule has 2 N–H and O–H groups in total. The molecule has 0 aliphatic carbocycles. The van der Waals surface area contributed by atoms with Gasteiger partial charge in [0.25, 0.3) is 0 Å². The van der Waals surface area contributed by atoms with Crippen LogP contribution in [0.25, 0.3) is 0 Å². The molecule has 0 saturated carbocycles. The van der Waals surface area contributed by atoms with E-state index in [4.69, 9.17) is 4.74 Å². The van der Waals surface area contributed by atoms with Crippen molar-refractivity contribution in [3.8, 4) is 0 Å². The fourth-order valence-corrected chi connectivity index (χ4v) is 3.33. The molecule has 0 fully saturated rings. The maximum atomic E-state index is 10.8. The lowest BCUT2D eigenvalue weighted by atomic mass is 9.88. The van der Waals surface area contributed by atoms with Crippen molar-refractivity contribution in [3.63, 3.8) is 0 Å². The monoisotopic (exact) mass is 372 g/mol. The maximum Gasteiger partial charge on any atom is 0.302 e. The Bertz CT molecular complexity index is 365. The zero-order valence-electron chi connectivity index (χ0n) is 18.1. The van der Waals surface area contributed by atoms with E-state index >= 15 is 0 Å². The van der Waals surface area contributed by atoms with Crippen LogP contribution in [0.15, 0.2) is 0 Å². The van der Waals surface area contributed by atoms with Gasteiger partial charge in [0.2, 0.25) is 0 Å². The van der Waals surface area contributed by atoms with E-state index in [0.29, 0.717) is 12.3 Å². The molecule has 0 aliphatic rings. The van der Waals surface area contributed by atoms with Crippen molar-refractivity contribution >= 4 is 5.97 Å². The van der Waals surface area contributed by atoms with Crippen molar-refractivity contribution in [2.24, 2.45) is 17.8 Å². The van der Waals surface area contributed by atoms with Crippen molar-refractivity contribution in [3.05, 3.63) is 0 Å². The lowest BCUT2D eigenvalue weighted by Gasteiger charge is -2.29. The third-order valence-electron chi connectivity index (χ3n) is 5.41. The fraction of sp³-hybridized carbons (Fsp3) is 0.955. The van der Waals surface area contributed by atoms with E-state index in [0.717, 1.165) is 24.7 Å². The Balaban J connectivity index is 3.84. The molecule has 0 heterocycles. The van der Waals surface area contributed by atoms with Gasteiger partial charge in [-0.3, -0.25) is 4.79 Å². The molecule has 26 heavy (non-hydrogen) atoms. The summed E-state index contributed by atoms with van der Waals surface area (Å²) in [6.07, 6.45) is 9.24. The number of ether oxygens (including phenoxy) is 1. The second kappa shape index (κ2) is 13.5. The van der Waals surface area contributed by atoms with Crippen LogP contribution >= 0.6 is 0 Å². The van der Waals surface area contributed by atoms with Gasteiger partial charge in [-0.1, -0.05) is 79.1 Å². The second-order valence-corrected chi connectivity index (χ2v) is 9.03. The summed E-state index contributed by atoms with van der Waals surface area (Å²) in [5.41, 5.74) is -1.21. The Morgan fingerprint density at radius 2 is 1.38 bits per heavy atom. The van der Waals surface area contributed by atoms with E-state index in [1.165, 1.54) is 45.4 Å². The first-order chi connectivity index (χ1) is 12.0. The second-order valence-electron chi connectivity index (χ2n) is 9.03. The number of aliphatic hydroxyl groups excluding tert-OH is 1. The number of hydrogen-bond donors (Lipinski definition) is 2. The van der Waals surface area contributed by atoms with Gasteiger partial charge in [0.1, 0.15) is 12.7 Å². The molecule has 0 aromatic carbocycles. The summed E-state index contributed by atoms with van der Waals surface area (Å²) < 4.78 is 4.78. The van der Waals surface area contributed by atoms with Crippen LogP contribution in [0.1, 0.15) is 99.3 Å². The van der Waals surface area contributed by atoms with Crippen LogP contribution in [0.2, 0.25) is 0 Å². The smallest absolute Gasteiger partial charge is 0.302 e. The maximum absolute atomic E-state index is 10.8. The van der Waals surface area contributed by atoms with Gasteiger partial charge in [-0.25, -0.2) is 0 Å². The van der Waals surface area contributed by atoms with Crippen LogP contribution in [0.5, 0.6) is 0 Å². The van der Waals surface area contributed by atoms with E-state index < -0.39 is 17.7 Å². The van der Waals surface area contributed by atoms with Crippen LogP contribution in [0.4, 0.5) is 0 Å². The molecule has 0 saturated heterocycles. The molecule has 0 aromatic rings. The van der Waals surface area contributed by atoms with Gasteiger partial charge in [0.05, 0.1) is 5.60 Å². The summed E-state index contributed by atoms with van der Waals surface area (Å²) >= 11 is 0. The number of rotatable bonds is 15. The summed E-state index contributed by atoms with van der Waals surface area (Å²) in [6, 6.07) is 0. The number of esters is 1. The van der Waals surface area contributed by atoms with Gasteiger partial charge in [0.15, 0.2) is 0 Å². The SMILES string of the molecule is CC(=O)OCC(O)C(C)(O)CCCC(C)CCCC(C)CCCC(C)C. The van der Waals surface area contributed by atoms with E-state index in [-0.39, 0.29) is 6.61 Å². The van der Waals surface area contributed by atoms with Gasteiger partial charge in [-0.2, -0.15) is 0 Å². The number of carbonyl (C=O) groups is 1. The molecule has 0 radical (unpaired) electrons. The zero-order chi connectivity index (χ0) is 20.2. The van der Waals surface area contributed by atoms with Gasteiger partial charge in [-0.05, 0) is 31.1 Å². The minimum Gasteiger partial charge on any atom is -0.463 e. The highest BCUT2D eigenvalue weighted by Crippen LogP contribution is 2.24. The van der Waals surface area contributed by atoms with Crippen molar-refractivity contribution in [2.45, 2.75) is 111 Å². The average molecular weight is 373 g/mol. The number of hydrogen-bond acceptors (Lipinski definition) is 4. The molecule has 156 valence electrons. The molecule has 0 rings (SSSR count). The van der Waals surface area contributed by atoms with Crippen molar-refractivity contribution in [1.29, 1.82) is 0 Å². The standard InChI is InChI=1S/C22H44O4/c1-17(2)10-7-11-18(3)12-8-13-19(4)14-9-15-22(6,25)21(24)16-26-20(5)23/h17-19,21,24-25H,7-16H2,1-6H3. The molecule has 4 heteroatoms. The van der Waals surface area contributed by atoms with Gasteiger partial charge >= 0.3 is 5.97 Å². The lowest BCUT2D eigenvalue weighted by molar-refractivity contribution is -0.151. The predicted octanol–water partition coefficient (Wildman–Crippen LogP) is 5.10. The van der Waals surface area contributed by atoms with E-state index in [2.05, 4.69) is 27.7 Å². The first-order valence-corrected chi connectivity index (χ1v) is 10.6. The van der Waals surface area contributed by atoms with Gasteiger partial charge in [0, 0.05) is 6.92 Å². The highest BCUT2D eigenvalue weighted by atomic mass is 16.5. The van der Waals surface area contributed by atoms with Gasteiger partial charge < -0.3 is 14.9 Å². The minimum absolute atomic E-state index is 0.146. The van der Waals surface area contributed by atoms with E-state index in [9.17, 15) is 15.0 Å². The van der Waals surface area contributed by atoms with Crippen molar-refractivity contribution in [2.75, 3.05) is 6.61 Å². The van der Waals surface area contributed by atoms with Crippen LogP contribution < -0.4 is 0 Å². The first-order valence-electron chi connectivity index (χ1n) is 10.6. The summed E-state index contributed by atoms with van der Waals surface area (Å²) in [5.74, 6) is 1.83. The largest absolute Gasteiger partial charge is 0.463 e. The predicted molar refractivity (Wildman–Crippen MR) is 108 cm³/mol. The van der Waals surface area contributed by atoms with Crippen molar-refractivity contribution < 1.29 is 19.7 Å². The summed E-state index contributed by atoms with van der Waals surface area (Å²) in [4.78, 5) is 10.8. The molecule has 0 spiro atoms. The molecule has 4 nitrogen and oxygen atoms in total. The Kier molecular flexibility index (Phi) is 13.2. The van der Waals surface area contributed by atoms with Gasteiger partial charge in [-0.15, -0.1) is 0 Å². The normalized spacial score (nSPS) is 17.6. The molecule has 4 atom stereocenters. The Morgan fingerprint density at radius 3 is 1.85 bits per heavy atom. The average Bonchev–Trinajstić information content (AvgIpc) is 2.51. The van der Waals surface area contributed by atoms with E-state index in [1.54, 1.807) is 6.92 Å². The van der Waals surface area contributed by atoms with Crippen LogP contribution in [-0.2, 0) is 9.53 Å². The van der Waals surface area contributed by atoms with Crippen LogP contribution in [0, 0.1) is 17.8 Å². The third-order valence-corrected chi connectivity index (χ3v) is 5.41.